The van der Waals surface area contributed by atoms with Crippen LogP contribution >= 0.6 is 0 Å². The Morgan fingerprint density at radius 2 is 1.85 bits per heavy atom. The van der Waals surface area contributed by atoms with Crippen molar-refractivity contribution in [2.24, 2.45) is 17.3 Å². The summed E-state index contributed by atoms with van der Waals surface area (Å²) in [6, 6.07) is 0. The predicted molar refractivity (Wildman–Crippen MR) is 88.1 cm³/mol. The van der Waals surface area contributed by atoms with Gasteiger partial charge in [-0.25, -0.2) is 0 Å². The fourth-order valence-electron chi connectivity index (χ4n) is 4.39. The SMILES string of the molecule is CCCC1CCN(CC(C)(C)CC2CCCNC2)CC1. The topological polar surface area (TPSA) is 15.3 Å². The standard InChI is InChI=1S/C18H36N2/c1-4-6-16-8-11-20(12-9-16)15-18(2,3)13-17-7-5-10-19-14-17/h16-17,19H,4-15H2,1-3H3. The van der Waals surface area contributed by atoms with Crippen molar-refractivity contribution in [1.29, 1.82) is 0 Å². The van der Waals surface area contributed by atoms with Crippen LogP contribution in [0.5, 0.6) is 0 Å². The molecule has 0 bridgehead atoms. The third kappa shape index (κ3) is 5.37. The molecule has 0 aromatic heterocycles. The molecule has 2 fully saturated rings. The Labute approximate surface area is 126 Å². The van der Waals surface area contributed by atoms with Crippen LogP contribution in [0.4, 0.5) is 0 Å². The lowest BCUT2D eigenvalue weighted by Crippen LogP contribution is -2.42. The summed E-state index contributed by atoms with van der Waals surface area (Å²) in [6.45, 7) is 13.8. The summed E-state index contributed by atoms with van der Waals surface area (Å²) in [5, 5.41) is 3.57. The van der Waals surface area contributed by atoms with Gasteiger partial charge in [0.1, 0.15) is 0 Å². The zero-order valence-electron chi connectivity index (χ0n) is 14.1. The molecule has 0 aromatic rings. The van der Waals surface area contributed by atoms with Gasteiger partial charge in [-0.05, 0) is 75.5 Å². The Balaban J connectivity index is 1.71. The molecule has 1 atom stereocenters. The van der Waals surface area contributed by atoms with E-state index in [4.69, 9.17) is 0 Å². The lowest BCUT2D eigenvalue weighted by atomic mass is 9.79. The van der Waals surface area contributed by atoms with E-state index >= 15 is 0 Å². The first-order chi connectivity index (χ1) is 9.59. The average molecular weight is 281 g/mol. The molecule has 2 aliphatic rings. The minimum absolute atomic E-state index is 0.487. The Hall–Kier alpha value is -0.0800. The van der Waals surface area contributed by atoms with Crippen molar-refractivity contribution in [3.05, 3.63) is 0 Å². The molecular formula is C18H36N2. The van der Waals surface area contributed by atoms with E-state index in [-0.39, 0.29) is 0 Å². The number of hydrogen-bond acceptors (Lipinski definition) is 2. The molecule has 0 saturated carbocycles. The van der Waals surface area contributed by atoms with Crippen LogP contribution in [0.15, 0.2) is 0 Å². The van der Waals surface area contributed by atoms with Crippen LogP contribution in [0, 0.1) is 17.3 Å². The van der Waals surface area contributed by atoms with Gasteiger partial charge >= 0.3 is 0 Å². The van der Waals surface area contributed by atoms with E-state index in [9.17, 15) is 0 Å². The van der Waals surface area contributed by atoms with Gasteiger partial charge in [0.25, 0.3) is 0 Å². The third-order valence-corrected chi connectivity index (χ3v) is 5.30. The molecule has 0 aliphatic carbocycles. The summed E-state index contributed by atoms with van der Waals surface area (Å²) in [5.41, 5.74) is 0.487. The first kappa shape index (κ1) is 16.3. The second-order valence-electron chi connectivity index (χ2n) is 8.09. The molecule has 0 spiro atoms. The van der Waals surface area contributed by atoms with Gasteiger partial charge in [0.15, 0.2) is 0 Å². The highest BCUT2D eigenvalue weighted by Gasteiger charge is 2.28. The van der Waals surface area contributed by atoms with Gasteiger partial charge < -0.3 is 10.2 Å². The highest BCUT2D eigenvalue weighted by atomic mass is 15.1. The van der Waals surface area contributed by atoms with Crippen molar-refractivity contribution in [2.45, 2.75) is 65.7 Å². The summed E-state index contributed by atoms with van der Waals surface area (Å²) in [5.74, 6) is 1.93. The van der Waals surface area contributed by atoms with Crippen LogP contribution in [0.2, 0.25) is 0 Å². The maximum Gasteiger partial charge on any atom is 0.00328 e. The van der Waals surface area contributed by atoms with E-state index < -0.39 is 0 Å². The Bertz CT molecular complexity index is 261. The molecule has 2 rings (SSSR count). The lowest BCUT2D eigenvalue weighted by Gasteiger charge is -2.39. The van der Waals surface area contributed by atoms with Crippen LogP contribution in [-0.4, -0.2) is 37.6 Å². The first-order valence-electron chi connectivity index (χ1n) is 9.02. The van der Waals surface area contributed by atoms with Crippen LogP contribution in [0.3, 0.4) is 0 Å². The molecule has 0 amide bonds. The van der Waals surface area contributed by atoms with Gasteiger partial charge in [0, 0.05) is 6.54 Å². The van der Waals surface area contributed by atoms with Gasteiger partial charge in [0.2, 0.25) is 0 Å². The minimum Gasteiger partial charge on any atom is -0.316 e. The summed E-state index contributed by atoms with van der Waals surface area (Å²) in [4.78, 5) is 2.74. The number of piperidine rings is 2. The summed E-state index contributed by atoms with van der Waals surface area (Å²) in [7, 11) is 0. The molecule has 2 saturated heterocycles. The van der Waals surface area contributed by atoms with Crippen LogP contribution in [0.25, 0.3) is 0 Å². The van der Waals surface area contributed by atoms with Crippen molar-refractivity contribution in [1.82, 2.24) is 10.2 Å². The molecule has 2 nitrogen and oxygen atoms in total. The summed E-state index contributed by atoms with van der Waals surface area (Å²) in [6.07, 6.45) is 9.91. The molecule has 20 heavy (non-hydrogen) atoms. The highest BCUT2D eigenvalue weighted by Crippen LogP contribution is 2.31. The zero-order chi connectivity index (χ0) is 14.4. The number of hydrogen-bond donors (Lipinski definition) is 1. The van der Waals surface area contributed by atoms with E-state index in [1.54, 1.807) is 0 Å². The third-order valence-electron chi connectivity index (χ3n) is 5.30. The zero-order valence-corrected chi connectivity index (χ0v) is 14.1. The van der Waals surface area contributed by atoms with Crippen molar-refractivity contribution >= 4 is 0 Å². The maximum atomic E-state index is 3.57. The van der Waals surface area contributed by atoms with Gasteiger partial charge in [-0.3, -0.25) is 0 Å². The summed E-state index contributed by atoms with van der Waals surface area (Å²) >= 11 is 0. The van der Waals surface area contributed by atoms with Crippen LogP contribution < -0.4 is 5.32 Å². The Morgan fingerprint density at radius 3 is 2.45 bits per heavy atom. The van der Waals surface area contributed by atoms with Gasteiger partial charge in [-0.15, -0.1) is 0 Å². The van der Waals surface area contributed by atoms with E-state index in [0.29, 0.717) is 5.41 Å². The quantitative estimate of drug-likeness (QED) is 0.793. The van der Waals surface area contributed by atoms with Crippen LogP contribution in [-0.2, 0) is 0 Å². The van der Waals surface area contributed by atoms with E-state index in [2.05, 4.69) is 31.0 Å². The van der Waals surface area contributed by atoms with Crippen molar-refractivity contribution in [3.63, 3.8) is 0 Å². The number of rotatable bonds is 6. The van der Waals surface area contributed by atoms with Crippen molar-refractivity contribution in [3.8, 4) is 0 Å². The monoisotopic (exact) mass is 280 g/mol. The van der Waals surface area contributed by atoms with Gasteiger partial charge in [0.05, 0.1) is 0 Å². The highest BCUT2D eigenvalue weighted by molar-refractivity contribution is 4.82. The molecule has 1 unspecified atom stereocenters. The second kappa shape index (κ2) is 7.79. The second-order valence-corrected chi connectivity index (χ2v) is 8.09. The molecule has 118 valence electrons. The maximum absolute atomic E-state index is 3.57. The normalized spacial score (nSPS) is 26.9. The number of nitrogens with zero attached hydrogens (tertiary/aromatic N) is 1. The van der Waals surface area contributed by atoms with Crippen LogP contribution in [0.1, 0.15) is 65.7 Å². The molecule has 0 radical (unpaired) electrons. The van der Waals surface area contributed by atoms with E-state index in [1.807, 2.05) is 0 Å². The number of nitrogens with one attached hydrogen (secondary N) is 1. The summed E-state index contributed by atoms with van der Waals surface area (Å²) < 4.78 is 0. The lowest BCUT2D eigenvalue weighted by molar-refractivity contribution is 0.105. The Morgan fingerprint density at radius 1 is 1.10 bits per heavy atom. The van der Waals surface area contributed by atoms with Crippen molar-refractivity contribution in [2.75, 3.05) is 32.7 Å². The van der Waals surface area contributed by atoms with E-state index in [0.717, 1.165) is 11.8 Å². The molecule has 2 heterocycles. The smallest absolute Gasteiger partial charge is 0.00328 e. The molecule has 1 N–H and O–H groups in total. The van der Waals surface area contributed by atoms with E-state index in [1.165, 1.54) is 77.7 Å². The predicted octanol–water partition coefficient (Wildman–Crippen LogP) is 3.91. The van der Waals surface area contributed by atoms with Gasteiger partial charge in [-0.1, -0.05) is 33.6 Å². The molecular weight excluding hydrogens is 244 g/mol. The average Bonchev–Trinajstić information content (AvgIpc) is 2.41. The minimum atomic E-state index is 0.487. The van der Waals surface area contributed by atoms with Crippen molar-refractivity contribution < 1.29 is 0 Å². The fourth-order valence-corrected chi connectivity index (χ4v) is 4.39. The largest absolute Gasteiger partial charge is 0.316 e. The fraction of sp³-hybridized carbons (Fsp3) is 1.00. The molecule has 0 aromatic carbocycles. The molecule has 2 aliphatic heterocycles. The number of likely N-dealkylation sites (tertiary alicyclic amines) is 1. The Kier molecular flexibility index (Phi) is 6.35. The molecule has 2 heteroatoms. The van der Waals surface area contributed by atoms with Gasteiger partial charge in [-0.2, -0.15) is 0 Å². The first-order valence-corrected chi connectivity index (χ1v) is 9.02.